The molecule has 0 aromatic carbocycles. The second kappa shape index (κ2) is 6.36. The van der Waals surface area contributed by atoms with Crippen molar-refractivity contribution in [2.24, 2.45) is 11.8 Å². The number of rotatable bonds is 2. The molecule has 1 heterocycles. The first kappa shape index (κ1) is 12.9. The van der Waals surface area contributed by atoms with E-state index in [9.17, 15) is 0 Å². The molecule has 0 bridgehead atoms. The van der Waals surface area contributed by atoms with Gasteiger partial charge in [0, 0.05) is 6.67 Å². The first-order chi connectivity index (χ1) is 8.93. The van der Waals surface area contributed by atoms with Crippen LogP contribution in [-0.4, -0.2) is 19.0 Å². The molecule has 3 nitrogen and oxygen atoms in total. The summed E-state index contributed by atoms with van der Waals surface area (Å²) in [4.78, 5) is 0. The number of hydrogen-bond acceptors (Lipinski definition) is 3. The van der Waals surface area contributed by atoms with Gasteiger partial charge in [0.2, 0.25) is 0 Å². The van der Waals surface area contributed by atoms with Crippen molar-refractivity contribution < 1.29 is 0 Å². The summed E-state index contributed by atoms with van der Waals surface area (Å²) in [6, 6.07) is 0. The van der Waals surface area contributed by atoms with Crippen LogP contribution in [0.3, 0.4) is 0 Å². The van der Waals surface area contributed by atoms with Crippen molar-refractivity contribution >= 4 is 0 Å². The van der Waals surface area contributed by atoms with Gasteiger partial charge in [-0.15, -0.1) is 0 Å². The zero-order valence-electron chi connectivity index (χ0n) is 11.6. The summed E-state index contributed by atoms with van der Waals surface area (Å²) in [5, 5.41) is 11.1. The average molecular weight is 251 g/mol. The van der Waals surface area contributed by atoms with Crippen LogP contribution in [0.2, 0.25) is 0 Å². The summed E-state index contributed by atoms with van der Waals surface area (Å²) < 4.78 is 0. The molecule has 2 aliphatic carbocycles. The molecule has 104 valence electrons. The summed E-state index contributed by atoms with van der Waals surface area (Å²) in [6.07, 6.45) is 15.5. The third-order valence-electron chi connectivity index (χ3n) is 5.25. The van der Waals surface area contributed by atoms with Crippen LogP contribution in [0, 0.1) is 11.8 Å². The number of hydrogen-bond donors (Lipinski definition) is 3. The van der Waals surface area contributed by atoms with Crippen molar-refractivity contribution in [2.75, 3.05) is 6.67 Å². The molecule has 2 unspecified atom stereocenters. The van der Waals surface area contributed by atoms with E-state index < -0.39 is 0 Å². The molecule has 0 aromatic rings. The highest BCUT2D eigenvalue weighted by Gasteiger charge is 2.32. The van der Waals surface area contributed by atoms with Crippen LogP contribution in [0.5, 0.6) is 0 Å². The van der Waals surface area contributed by atoms with E-state index in [1.54, 1.807) is 0 Å². The van der Waals surface area contributed by atoms with Gasteiger partial charge in [-0.2, -0.15) is 0 Å². The Morgan fingerprint density at radius 2 is 1.00 bits per heavy atom. The van der Waals surface area contributed by atoms with Crippen LogP contribution in [-0.2, 0) is 0 Å². The molecular formula is C15H29N3. The Balaban J connectivity index is 1.53. The minimum Gasteiger partial charge on any atom is -0.289 e. The van der Waals surface area contributed by atoms with Gasteiger partial charge >= 0.3 is 0 Å². The monoisotopic (exact) mass is 251 g/mol. The summed E-state index contributed by atoms with van der Waals surface area (Å²) >= 11 is 0. The molecule has 2 saturated carbocycles. The van der Waals surface area contributed by atoms with Gasteiger partial charge < -0.3 is 0 Å². The lowest BCUT2D eigenvalue weighted by molar-refractivity contribution is 0.122. The van der Waals surface area contributed by atoms with E-state index in [0.29, 0.717) is 12.3 Å². The molecule has 3 aliphatic rings. The van der Waals surface area contributed by atoms with Gasteiger partial charge in [-0.1, -0.05) is 38.5 Å². The third-order valence-corrected chi connectivity index (χ3v) is 5.25. The first-order valence-corrected chi connectivity index (χ1v) is 8.16. The molecule has 3 fully saturated rings. The minimum absolute atomic E-state index is 0.568. The van der Waals surface area contributed by atoms with Gasteiger partial charge in [-0.25, -0.2) is 0 Å². The SMILES string of the molecule is C1CCC(C2NCNC(C3CCCCC3)N2)CC1. The molecular weight excluding hydrogens is 222 g/mol. The highest BCUT2D eigenvalue weighted by molar-refractivity contribution is 4.87. The average Bonchev–Trinajstić information content (AvgIpc) is 2.49. The van der Waals surface area contributed by atoms with Crippen molar-refractivity contribution in [3.8, 4) is 0 Å². The Hall–Kier alpha value is -0.120. The van der Waals surface area contributed by atoms with Gasteiger partial charge in [0.25, 0.3) is 0 Å². The van der Waals surface area contributed by atoms with Gasteiger partial charge in [-0.3, -0.25) is 16.0 Å². The van der Waals surface area contributed by atoms with E-state index in [1.807, 2.05) is 0 Å². The predicted molar refractivity (Wildman–Crippen MR) is 75.0 cm³/mol. The van der Waals surface area contributed by atoms with Crippen LogP contribution < -0.4 is 16.0 Å². The maximum atomic E-state index is 3.87. The maximum absolute atomic E-state index is 3.87. The standard InChI is InChI=1S/C15H29N3/c1-3-7-12(8-4-1)14-16-11-17-15(18-14)13-9-5-2-6-10-13/h12-18H,1-11H2. The van der Waals surface area contributed by atoms with Crippen LogP contribution in [0.4, 0.5) is 0 Å². The lowest BCUT2D eigenvalue weighted by Crippen LogP contribution is -2.66. The van der Waals surface area contributed by atoms with E-state index in [2.05, 4.69) is 16.0 Å². The molecule has 0 spiro atoms. The molecule has 0 amide bonds. The Morgan fingerprint density at radius 3 is 1.44 bits per heavy atom. The molecule has 1 aliphatic heterocycles. The molecule has 0 aromatic heterocycles. The van der Waals surface area contributed by atoms with Gasteiger partial charge in [0.15, 0.2) is 0 Å². The molecule has 3 heteroatoms. The van der Waals surface area contributed by atoms with E-state index in [1.165, 1.54) is 64.2 Å². The van der Waals surface area contributed by atoms with Crippen LogP contribution in [0.15, 0.2) is 0 Å². The zero-order valence-corrected chi connectivity index (χ0v) is 11.6. The lowest BCUT2D eigenvalue weighted by atomic mass is 9.84. The maximum Gasteiger partial charge on any atom is 0.0622 e. The highest BCUT2D eigenvalue weighted by atomic mass is 15.3. The smallest absolute Gasteiger partial charge is 0.0622 e. The zero-order chi connectivity index (χ0) is 12.2. The van der Waals surface area contributed by atoms with Crippen LogP contribution in [0.25, 0.3) is 0 Å². The molecule has 0 radical (unpaired) electrons. The second-order valence-electron chi connectivity index (χ2n) is 6.50. The van der Waals surface area contributed by atoms with Gasteiger partial charge in [0.1, 0.15) is 0 Å². The third kappa shape index (κ3) is 3.06. The lowest BCUT2D eigenvalue weighted by Gasteiger charge is -2.42. The highest BCUT2D eigenvalue weighted by Crippen LogP contribution is 2.29. The van der Waals surface area contributed by atoms with Crippen LogP contribution >= 0.6 is 0 Å². The van der Waals surface area contributed by atoms with Crippen molar-refractivity contribution in [1.82, 2.24) is 16.0 Å². The fraction of sp³-hybridized carbons (Fsp3) is 1.00. The molecule has 2 atom stereocenters. The Labute approximate surface area is 111 Å². The van der Waals surface area contributed by atoms with E-state index in [4.69, 9.17) is 0 Å². The van der Waals surface area contributed by atoms with Crippen molar-refractivity contribution in [3.05, 3.63) is 0 Å². The molecule has 3 rings (SSSR count). The van der Waals surface area contributed by atoms with Crippen molar-refractivity contribution in [3.63, 3.8) is 0 Å². The van der Waals surface area contributed by atoms with E-state index in [0.717, 1.165) is 18.5 Å². The van der Waals surface area contributed by atoms with Gasteiger partial charge in [0.05, 0.1) is 12.3 Å². The fourth-order valence-electron chi connectivity index (χ4n) is 4.13. The molecule has 18 heavy (non-hydrogen) atoms. The topological polar surface area (TPSA) is 36.1 Å². The predicted octanol–water partition coefficient (Wildman–Crippen LogP) is 2.54. The van der Waals surface area contributed by atoms with Gasteiger partial charge in [-0.05, 0) is 37.5 Å². The Morgan fingerprint density at radius 1 is 0.556 bits per heavy atom. The Kier molecular flexibility index (Phi) is 4.55. The molecule has 1 saturated heterocycles. The van der Waals surface area contributed by atoms with E-state index in [-0.39, 0.29) is 0 Å². The van der Waals surface area contributed by atoms with Crippen molar-refractivity contribution in [2.45, 2.75) is 76.5 Å². The fourth-order valence-corrected chi connectivity index (χ4v) is 4.13. The minimum atomic E-state index is 0.568. The summed E-state index contributed by atoms with van der Waals surface area (Å²) in [7, 11) is 0. The normalized spacial score (nSPS) is 36.7. The molecule has 3 N–H and O–H groups in total. The first-order valence-electron chi connectivity index (χ1n) is 8.16. The second-order valence-corrected chi connectivity index (χ2v) is 6.50. The summed E-state index contributed by atoms with van der Waals surface area (Å²) in [5.41, 5.74) is 0. The Bertz CT molecular complexity index is 220. The largest absolute Gasteiger partial charge is 0.289 e. The quantitative estimate of drug-likeness (QED) is 0.706. The van der Waals surface area contributed by atoms with E-state index >= 15 is 0 Å². The van der Waals surface area contributed by atoms with Crippen LogP contribution in [0.1, 0.15) is 64.2 Å². The number of nitrogens with one attached hydrogen (secondary N) is 3. The van der Waals surface area contributed by atoms with Crippen molar-refractivity contribution in [1.29, 1.82) is 0 Å². The summed E-state index contributed by atoms with van der Waals surface area (Å²) in [6.45, 7) is 0.995. The summed E-state index contributed by atoms with van der Waals surface area (Å²) in [5.74, 6) is 1.74.